The van der Waals surface area contributed by atoms with Gasteiger partial charge in [-0.15, -0.1) is 0 Å². The molecule has 148 valence electrons. The maximum atomic E-state index is 13.3. The van der Waals surface area contributed by atoms with Crippen LogP contribution in [0.5, 0.6) is 0 Å². The summed E-state index contributed by atoms with van der Waals surface area (Å²) in [7, 11) is 0. The molecular weight excluding hydrogens is 349 g/mol. The Bertz CT molecular complexity index is 659. The van der Waals surface area contributed by atoms with Crippen molar-refractivity contribution in [3.8, 4) is 0 Å². The molecule has 27 heavy (non-hydrogen) atoms. The van der Waals surface area contributed by atoms with Crippen molar-refractivity contribution in [1.29, 1.82) is 0 Å². The van der Waals surface area contributed by atoms with Crippen LogP contribution >= 0.6 is 0 Å². The van der Waals surface area contributed by atoms with E-state index in [9.17, 15) is 14.0 Å². The highest BCUT2D eigenvalue weighted by Crippen LogP contribution is 2.34. The number of benzene rings is 1. The zero-order valence-corrected chi connectivity index (χ0v) is 16.0. The lowest BCUT2D eigenvalue weighted by atomic mass is 9.88. The van der Waals surface area contributed by atoms with E-state index in [0.717, 1.165) is 5.56 Å². The fraction of sp³-hybridized carbons (Fsp3) is 0.600. The second-order valence-electron chi connectivity index (χ2n) is 7.54. The molecule has 2 heterocycles. The zero-order chi connectivity index (χ0) is 19.4. The number of morpholine rings is 1. The standard InChI is InChI=1S/C20H28FN3O3/c1-14(2)22-20(26)24-13-16(19(25)23-9-11-27-12-10-23)5-8-18(24)15-3-6-17(21)7-4-15/h3-4,6-7,14,16,18H,5,8-13H2,1-2H3,(H,22,26)/t16-,18+/m1/s1. The van der Waals surface area contributed by atoms with Crippen molar-refractivity contribution in [2.75, 3.05) is 32.8 Å². The van der Waals surface area contributed by atoms with E-state index < -0.39 is 0 Å². The third-order valence-corrected chi connectivity index (χ3v) is 5.18. The van der Waals surface area contributed by atoms with Crippen LogP contribution in [0.2, 0.25) is 0 Å². The Balaban J connectivity index is 1.77. The van der Waals surface area contributed by atoms with Gasteiger partial charge < -0.3 is 19.9 Å². The highest BCUT2D eigenvalue weighted by Gasteiger charge is 2.37. The number of carbonyl (C=O) groups excluding carboxylic acids is 2. The normalized spacial score (nSPS) is 23.4. The lowest BCUT2D eigenvalue weighted by Gasteiger charge is -2.41. The van der Waals surface area contributed by atoms with Gasteiger partial charge in [-0.1, -0.05) is 12.1 Å². The summed E-state index contributed by atoms with van der Waals surface area (Å²) in [5.41, 5.74) is 0.896. The molecule has 3 amide bonds. The summed E-state index contributed by atoms with van der Waals surface area (Å²) in [6.07, 6.45) is 1.39. The molecule has 0 saturated carbocycles. The summed E-state index contributed by atoms with van der Waals surface area (Å²) in [5.74, 6) is -0.413. The minimum Gasteiger partial charge on any atom is -0.378 e. The van der Waals surface area contributed by atoms with E-state index >= 15 is 0 Å². The van der Waals surface area contributed by atoms with E-state index in [-0.39, 0.29) is 35.8 Å². The molecule has 2 aliphatic rings. The third kappa shape index (κ3) is 4.77. The molecule has 1 aromatic carbocycles. The van der Waals surface area contributed by atoms with Crippen molar-refractivity contribution in [3.05, 3.63) is 35.6 Å². The van der Waals surface area contributed by atoms with Gasteiger partial charge in [0.05, 0.1) is 25.2 Å². The molecule has 2 saturated heterocycles. The molecule has 2 aliphatic heterocycles. The predicted octanol–water partition coefficient (Wildman–Crippen LogP) is 2.56. The van der Waals surface area contributed by atoms with E-state index in [1.165, 1.54) is 12.1 Å². The first-order valence-electron chi connectivity index (χ1n) is 9.65. The Morgan fingerprint density at radius 2 is 1.81 bits per heavy atom. The third-order valence-electron chi connectivity index (χ3n) is 5.18. The minimum atomic E-state index is -0.298. The Morgan fingerprint density at radius 3 is 2.44 bits per heavy atom. The average Bonchev–Trinajstić information content (AvgIpc) is 2.68. The van der Waals surface area contributed by atoms with E-state index in [0.29, 0.717) is 45.7 Å². The predicted molar refractivity (Wildman–Crippen MR) is 99.6 cm³/mol. The van der Waals surface area contributed by atoms with Crippen LogP contribution in [0.3, 0.4) is 0 Å². The van der Waals surface area contributed by atoms with Crippen LogP contribution in [0, 0.1) is 11.7 Å². The Morgan fingerprint density at radius 1 is 1.15 bits per heavy atom. The first-order chi connectivity index (χ1) is 13.0. The van der Waals surface area contributed by atoms with E-state index in [1.807, 2.05) is 18.7 Å². The van der Waals surface area contributed by atoms with E-state index in [2.05, 4.69) is 5.32 Å². The fourth-order valence-corrected chi connectivity index (χ4v) is 3.80. The number of halogens is 1. The molecule has 0 aliphatic carbocycles. The quantitative estimate of drug-likeness (QED) is 0.881. The first kappa shape index (κ1) is 19.6. The molecule has 0 spiro atoms. The molecule has 3 rings (SSSR count). The largest absolute Gasteiger partial charge is 0.378 e. The van der Waals surface area contributed by atoms with Crippen LogP contribution in [0.1, 0.15) is 38.3 Å². The smallest absolute Gasteiger partial charge is 0.318 e. The molecule has 7 heteroatoms. The number of nitrogens with one attached hydrogen (secondary N) is 1. The molecule has 0 aromatic heterocycles. The fourth-order valence-electron chi connectivity index (χ4n) is 3.80. The molecule has 0 unspecified atom stereocenters. The first-order valence-corrected chi connectivity index (χ1v) is 9.65. The van der Waals surface area contributed by atoms with Gasteiger partial charge in [0.2, 0.25) is 5.91 Å². The summed E-state index contributed by atoms with van der Waals surface area (Å²) in [5, 5.41) is 2.93. The number of amides is 3. The number of hydrogen-bond donors (Lipinski definition) is 1. The van der Waals surface area contributed by atoms with Crippen molar-refractivity contribution >= 4 is 11.9 Å². The Labute approximate surface area is 159 Å². The second kappa shape index (κ2) is 8.69. The van der Waals surface area contributed by atoms with Gasteiger partial charge in [-0.05, 0) is 44.4 Å². The van der Waals surface area contributed by atoms with E-state index in [1.54, 1.807) is 17.0 Å². The molecule has 0 bridgehead atoms. The van der Waals surface area contributed by atoms with Crippen LogP contribution in [0.25, 0.3) is 0 Å². The van der Waals surface area contributed by atoms with Crippen LogP contribution in [-0.2, 0) is 9.53 Å². The van der Waals surface area contributed by atoms with Crippen LogP contribution < -0.4 is 5.32 Å². The number of nitrogens with zero attached hydrogens (tertiary/aromatic N) is 2. The molecule has 1 aromatic rings. The van der Waals surface area contributed by atoms with E-state index in [4.69, 9.17) is 4.74 Å². The van der Waals surface area contributed by atoms with Crippen LogP contribution in [0.15, 0.2) is 24.3 Å². The number of carbonyl (C=O) groups is 2. The maximum absolute atomic E-state index is 13.3. The summed E-state index contributed by atoms with van der Waals surface area (Å²) in [4.78, 5) is 29.3. The summed E-state index contributed by atoms with van der Waals surface area (Å²) in [6, 6.07) is 5.94. The molecule has 2 atom stereocenters. The second-order valence-corrected chi connectivity index (χ2v) is 7.54. The molecule has 6 nitrogen and oxygen atoms in total. The lowest BCUT2D eigenvalue weighted by molar-refractivity contribution is -0.141. The number of ether oxygens (including phenoxy) is 1. The topological polar surface area (TPSA) is 61.9 Å². The van der Waals surface area contributed by atoms with Crippen molar-refractivity contribution in [2.45, 2.75) is 38.8 Å². The number of rotatable bonds is 3. The van der Waals surface area contributed by atoms with Crippen molar-refractivity contribution in [2.24, 2.45) is 5.92 Å². The molecule has 1 N–H and O–H groups in total. The highest BCUT2D eigenvalue weighted by molar-refractivity contribution is 5.81. The number of hydrogen-bond acceptors (Lipinski definition) is 3. The number of piperidine rings is 1. The van der Waals surface area contributed by atoms with Crippen molar-refractivity contribution in [1.82, 2.24) is 15.1 Å². The summed E-state index contributed by atoms with van der Waals surface area (Å²) < 4.78 is 18.6. The van der Waals surface area contributed by atoms with Crippen LogP contribution in [0.4, 0.5) is 9.18 Å². The van der Waals surface area contributed by atoms with Crippen molar-refractivity contribution in [3.63, 3.8) is 0 Å². The maximum Gasteiger partial charge on any atom is 0.318 e. The van der Waals surface area contributed by atoms with Gasteiger partial charge in [0.15, 0.2) is 0 Å². The monoisotopic (exact) mass is 377 g/mol. The SMILES string of the molecule is CC(C)NC(=O)N1C[C@H](C(=O)N2CCOCC2)CC[C@H]1c1ccc(F)cc1. The van der Waals surface area contributed by atoms with Gasteiger partial charge in [-0.2, -0.15) is 0 Å². The number of urea groups is 1. The molecule has 2 fully saturated rings. The number of likely N-dealkylation sites (tertiary alicyclic amines) is 1. The minimum absolute atomic E-state index is 0.00156. The van der Waals surface area contributed by atoms with Gasteiger partial charge >= 0.3 is 6.03 Å². The summed E-state index contributed by atoms with van der Waals surface area (Å²) >= 11 is 0. The van der Waals surface area contributed by atoms with Gasteiger partial charge in [-0.25, -0.2) is 9.18 Å². The van der Waals surface area contributed by atoms with Gasteiger partial charge in [-0.3, -0.25) is 4.79 Å². The zero-order valence-electron chi connectivity index (χ0n) is 16.0. The lowest BCUT2D eigenvalue weighted by Crippen LogP contribution is -2.53. The van der Waals surface area contributed by atoms with Crippen molar-refractivity contribution < 1.29 is 18.7 Å². The van der Waals surface area contributed by atoms with Gasteiger partial charge in [0.25, 0.3) is 0 Å². The summed E-state index contributed by atoms with van der Waals surface area (Å²) in [6.45, 7) is 6.53. The highest BCUT2D eigenvalue weighted by atomic mass is 19.1. The average molecular weight is 377 g/mol. The van der Waals surface area contributed by atoms with Crippen LogP contribution in [-0.4, -0.2) is 60.6 Å². The molecule has 0 radical (unpaired) electrons. The van der Waals surface area contributed by atoms with Gasteiger partial charge in [0.1, 0.15) is 5.82 Å². The van der Waals surface area contributed by atoms with Gasteiger partial charge in [0, 0.05) is 25.7 Å². The molecular formula is C20H28FN3O3. The Kier molecular flexibility index (Phi) is 6.31. The Hall–Kier alpha value is -2.15.